The van der Waals surface area contributed by atoms with Crippen LogP contribution in [0.25, 0.3) is 0 Å². The van der Waals surface area contributed by atoms with Crippen LogP contribution in [0.1, 0.15) is 42.5 Å². The first-order chi connectivity index (χ1) is 8.07. The van der Waals surface area contributed by atoms with E-state index in [4.69, 9.17) is 0 Å². The zero-order valence-corrected chi connectivity index (χ0v) is 12.2. The Morgan fingerprint density at radius 1 is 1.35 bits per heavy atom. The van der Waals surface area contributed by atoms with Crippen molar-refractivity contribution in [2.45, 2.75) is 44.4 Å². The fourth-order valence-electron chi connectivity index (χ4n) is 2.89. The maximum atomic E-state index is 3.55. The van der Waals surface area contributed by atoms with E-state index < -0.39 is 0 Å². The summed E-state index contributed by atoms with van der Waals surface area (Å²) >= 11 is 2.12. The third kappa shape index (κ3) is 2.53. The molecular formula is C15H23NS. The van der Waals surface area contributed by atoms with Gasteiger partial charge in [0.1, 0.15) is 0 Å². The Hall–Kier alpha value is -0.470. The van der Waals surface area contributed by atoms with Gasteiger partial charge < -0.3 is 5.32 Å². The fraction of sp³-hybridized carbons (Fsp3) is 0.600. The summed E-state index contributed by atoms with van der Waals surface area (Å²) < 4.78 is 0.354. The molecule has 2 heteroatoms. The molecule has 1 heterocycles. The van der Waals surface area contributed by atoms with Crippen LogP contribution in [0.3, 0.4) is 0 Å². The molecule has 2 unspecified atom stereocenters. The molecule has 2 atom stereocenters. The second kappa shape index (κ2) is 5.03. The van der Waals surface area contributed by atoms with Crippen LogP contribution < -0.4 is 5.32 Å². The first-order valence-corrected chi connectivity index (χ1v) is 7.44. The number of thioether (sulfide) groups is 1. The Balaban J connectivity index is 2.37. The highest BCUT2D eigenvalue weighted by atomic mass is 32.2. The Morgan fingerprint density at radius 3 is 2.71 bits per heavy atom. The molecule has 1 saturated heterocycles. The minimum Gasteiger partial charge on any atom is -0.312 e. The molecule has 94 valence electrons. The molecule has 0 aliphatic carbocycles. The Bertz CT molecular complexity index is 394. The Morgan fingerprint density at radius 2 is 2.12 bits per heavy atom. The van der Waals surface area contributed by atoms with Gasteiger partial charge in [-0.3, -0.25) is 0 Å². The summed E-state index contributed by atoms with van der Waals surface area (Å²) in [6.07, 6.45) is 2.67. The van der Waals surface area contributed by atoms with Gasteiger partial charge in [-0.05, 0) is 57.5 Å². The van der Waals surface area contributed by atoms with Crippen LogP contribution in [0.4, 0.5) is 0 Å². The molecule has 1 aromatic carbocycles. The zero-order chi connectivity index (χ0) is 12.5. The summed E-state index contributed by atoms with van der Waals surface area (Å²) in [4.78, 5) is 0. The van der Waals surface area contributed by atoms with Gasteiger partial charge in [-0.2, -0.15) is 11.8 Å². The molecule has 0 spiro atoms. The molecule has 0 amide bonds. The minimum absolute atomic E-state index is 0.354. The molecule has 1 N–H and O–H groups in total. The van der Waals surface area contributed by atoms with E-state index in [1.807, 2.05) is 0 Å². The molecule has 1 aliphatic heterocycles. The molecule has 1 aliphatic rings. The summed E-state index contributed by atoms with van der Waals surface area (Å²) in [5.74, 6) is 1.31. The van der Waals surface area contributed by atoms with E-state index in [-0.39, 0.29) is 0 Å². The summed E-state index contributed by atoms with van der Waals surface area (Å²) in [5.41, 5.74) is 4.24. The van der Waals surface area contributed by atoms with Gasteiger partial charge in [0, 0.05) is 10.8 Å². The Labute approximate surface area is 109 Å². The van der Waals surface area contributed by atoms with E-state index in [0.29, 0.717) is 10.8 Å². The van der Waals surface area contributed by atoms with Crippen LogP contribution in [0.15, 0.2) is 18.2 Å². The average Bonchev–Trinajstić information content (AvgIpc) is 2.72. The second-order valence-electron chi connectivity index (χ2n) is 5.35. The number of aryl methyl sites for hydroxylation is 2. The van der Waals surface area contributed by atoms with Crippen molar-refractivity contribution in [3.05, 3.63) is 34.9 Å². The monoisotopic (exact) mass is 249 g/mol. The van der Waals surface area contributed by atoms with Crippen molar-refractivity contribution in [3.8, 4) is 0 Å². The van der Waals surface area contributed by atoms with Gasteiger partial charge in [-0.25, -0.2) is 0 Å². The normalized spacial score (nSPS) is 26.1. The van der Waals surface area contributed by atoms with Crippen LogP contribution >= 0.6 is 11.8 Å². The molecule has 1 nitrogen and oxygen atoms in total. The lowest BCUT2D eigenvalue weighted by atomic mass is 9.87. The predicted molar refractivity (Wildman–Crippen MR) is 77.8 cm³/mol. The molecule has 0 saturated carbocycles. The largest absolute Gasteiger partial charge is 0.312 e. The molecule has 0 radical (unpaired) electrons. The summed E-state index contributed by atoms with van der Waals surface area (Å²) in [6.45, 7) is 6.81. The Kier molecular flexibility index (Phi) is 3.84. The van der Waals surface area contributed by atoms with Gasteiger partial charge in [-0.15, -0.1) is 0 Å². The highest BCUT2D eigenvalue weighted by molar-refractivity contribution is 8.00. The van der Waals surface area contributed by atoms with Gasteiger partial charge in [0.25, 0.3) is 0 Å². The lowest BCUT2D eigenvalue weighted by molar-refractivity contribution is 0.439. The van der Waals surface area contributed by atoms with E-state index in [1.54, 1.807) is 0 Å². The third-order valence-corrected chi connectivity index (χ3v) is 5.49. The predicted octanol–water partition coefficient (Wildman–Crippen LogP) is 3.85. The quantitative estimate of drug-likeness (QED) is 0.873. The van der Waals surface area contributed by atoms with Crippen LogP contribution in [0.2, 0.25) is 0 Å². The van der Waals surface area contributed by atoms with Crippen LogP contribution in [0, 0.1) is 13.8 Å². The standard InChI is InChI=1S/C15H23NS/c1-11-6-7-12(2)13(10-11)14(16-4)15(3)8-5-9-17-15/h6-7,10,14,16H,5,8-9H2,1-4H3. The highest BCUT2D eigenvalue weighted by Gasteiger charge is 2.38. The summed E-state index contributed by atoms with van der Waals surface area (Å²) in [6, 6.07) is 7.27. The third-order valence-electron chi connectivity index (χ3n) is 3.89. The van der Waals surface area contributed by atoms with Crippen LogP contribution in [-0.2, 0) is 0 Å². The van der Waals surface area contributed by atoms with Crippen molar-refractivity contribution < 1.29 is 0 Å². The first-order valence-electron chi connectivity index (χ1n) is 6.45. The maximum Gasteiger partial charge on any atom is 0.0466 e. The van der Waals surface area contributed by atoms with E-state index >= 15 is 0 Å². The van der Waals surface area contributed by atoms with Crippen LogP contribution in [0.5, 0.6) is 0 Å². The van der Waals surface area contributed by atoms with Gasteiger partial charge in [-0.1, -0.05) is 23.8 Å². The van der Waals surface area contributed by atoms with E-state index in [9.17, 15) is 0 Å². The van der Waals surface area contributed by atoms with E-state index in [0.717, 1.165) is 0 Å². The minimum atomic E-state index is 0.354. The molecule has 0 aromatic heterocycles. The highest BCUT2D eigenvalue weighted by Crippen LogP contribution is 2.47. The lowest BCUT2D eigenvalue weighted by Gasteiger charge is -2.34. The molecule has 1 aromatic rings. The van der Waals surface area contributed by atoms with Gasteiger partial charge >= 0.3 is 0 Å². The summed E-state index contributed by atoms with van der Waals surface area (Å²) in [7, 11) is 2.09. The van der Waals surface area contributed by atoms with Gasteiger partial charge in [0.15, 0.2) is 0 Å². The van der Waals surface area contributed by atoms with Crippen molar-refractivity contribution in [2.24, 2.45) is 0 Å². The fourth-order valence-corrected chi connectivity index (χ4v) is 4.34. The summed E-state index contributed by atoms with van der Waals surface area (Å²) in [5, 5.41) is 3.55. The van der Waals surface area contributed by atoms with E-state index in [2.05, 4.69) is 63.1 Å². The van der Waals surface area contributed by atoms with Gasteiger partial charge in [0.05, 0.1) is 0 Å². The SMILES string of the molecule is CNC(c1cc(C)ccc1C)C1(C)CCCS1. The number of rotatable bonds is 3. The smallest absolute Gasteiger partial charge is 0.0466 e. The van der Waals surface area contributed by atoms with Crippen molar-refractivity contribution in [1.82, 2.24) is 5.32 Å². The second-order valence-corrected chi connectivity index (χ2v) is 6.98. The molecular weight excluding hydrogens is 226 g/mol. The van der Waals surface area contributed by atoms with Crippen LogP contribution in [-0.4, -0.2) is 17.5 Å². The van der Waals surface area contributed by atoms with Crippen molar-refractivity contribution in [2.75, 3.05) is 12.8 Å². The first kappa shape index (κ1) is 13.0. The number of hydrogen-bond donors (Lipinski definition) is 1. The van der Waals surface area contributed by atoms with Crippen molar-refractivity contribution >= 4 is 11.8 Å². The molecule has 17 heavy (non-hydrogen) atoms. The molecule has 2 rings (SSSR count). The van der Waals surface area contributed by atoms with E-state index in [1.165, 1.54) is 35.3 Å². The van der Waals surface area contributed by atoms with Crippen molar-refractivity contribution in [1.29, 1.82) is 0 Å². The topological polar surface area (TPSA) is 12.0 Å². The van der Waals surface area contributed by atoms with Gasteiger partial charge in [0.2, 0.25) is 0 Å². The number of nitrogens with one attached hydrogen (secondary N) is 1. The zero-order valence-electron chi connectivity index (χ0n) is 11.3. The van der Waals surface area contributed by atoms with Crippen molar-refractivity contribution in [3.63, 3.8) is 0 Å². The average molecular weight is 249 g/mol. The number of hydrogen-bond acceptors (Lipinski definition) is 2. The lowest BCUT2D eigenvalue weighted by Crippen LogP contribution is -2.36. The molecule has 0 bridgehead atoms. The number of benzene rings is 1. The maximum absolute atomic E-state index is 3.55. The molecule has 1 fully saturated rings.